The number of ether oxygens (including phenoxy) is 1. The molecule has 2 N–H and O–H groups in total. The third-order valence-corrected chi connectivity index (χ3v) is 7.68. The first-order valence-corrected chi connectivity index (χ1v) is 10.4. The lowest BCUT2D eigenvalue weighted by molar-refractivity contribution is -0.153. The van der Waals surface area contributed by atoms with Gasteiger partial charge in [-0.15, -0.1) is 0 Å². The number of piperidine rings is 1. The predicted octanol–water partition coefficient (Wildman–Crippen LogP) is 1.92. The Hall–Kier alpha value is -1.59. The Morgan fingerprint density at radius 3 is 2.89 bits per heavy atom. The van der Waals surface area contributed by atoms with E-state index in [0.717, 1.165) is 48.7 Å². The summed E-state index contributed by atoms with van der Waals surface area (Å²) in [6, 6.07) is 4.44. The van der Waals surface area contributed by atoms with Crippen LogP contribution in [0.2, 0.25) is 0 Å². The van der Waals surface area contributed by atoms with Gasteiger partial charge >= 0.3 is 0 Å². The van der Waals surface area contributed by atoms with E-state index in [1.807, 2.05) is 0 Å². The summed E-state index contributed by atoms with van der Waals surface area (Å²) in [5.41, 5.74) is 2.19. The molecule has 0 spiro atoms. The van der Waals surface area contributed by atoms with Gasteiger partial charge < -0.3 is 15.2 Å². The zero-order valence-corrected chi connectivity index (χ0v) is 16.4. The van der Waals surface area contributed by atoms with Crippen LogP contribution in [0, 0.1) is 12.8 Å². The van der Waals surface area contributed by atoms with Crippen molar-refractivity contribution in [2.45, 2.75) is 62.5 Å². The fourth-order valence-electron chi connectivity index (χ4n) is 6.11. The molecule has 0 radical (unpaired) electrons. The molecule has 4 aliphatic rings. The van der Waals surface area contributed by atoms with E-state index in [2.05, 4.69) is 29.3 Å². The molecular weight excluding hydrogens is 340 g/mol. The number of benzene rings is 1. The number of carbonyl (C=O) groups is 1. The van der Waals surface area contributed by atoms with Gasteiger partial charge in [-0.25, -0.2) is 0 Å². The smallest absolute Gasteiger partial charge is 0.221 e. The van der Waals surface area contributed by atoms with E-state index in [9.17, 15) is 9.90 Å². The Bertz CT molecular complexity index is 790. The Morgan fingerprint density at radius 2 is 2.15 bits per heavy atom. The minimum atomic E-state index is -0.868. The van der Waals surface area contributed by atoms with Crippen LogP contribution in [0.15, 0.2) is 12.1 Å². The highest BCUT2D eigenvalue weighted by molar-refractivity contribution is 5.79. The summed E-state index contributed by atoms with van der Waals surface area (Å²) in [4.78, 5) is 15.1. The molecule has 2 aliphatic heterocycles. The molecule has 27 heavy (non-hydrogen) atoms. The molecule has 1 aromatic carbocycles. The summed E-state index contributed by atoms with van der Waals surface area (Å²) in [6.45, 7) is 4.69. The number of aryl methyl sites for hydroxylation is 1. The van der Waals surface area contributed by atoms with Crippen LogP contribution < -0.4 is 10.1 Å². The number of fused-ring (bicyclic) bond motifs is 1. The van der Waals surface area contributed by atoms with E-state index in [4.69, 9.17) is 4.74 Å². The number of hydrogen-bond donors (Lipinski definition) is 2. The van der Waals surface area contributed by atoms with Crippen LogP contribution in [0.4, 0.5) is 0 Å². The minimum absolute atomic E-state index is 0.0627. The lowest BCUT2D eigenvalue weighted by atomic mass is 9.52. The Kier molecular flexibility index (Phi) is 3.86. The number of hydrogen-bond acceptors (Lipinski definition) is 4. The van der Waals surface area contributed by atoms with Crippen LogP contribution in [-0.2, 0) is 16.6 Å². The largest absolute Gasteiger partial charge is 0.496 e. The average molecular weight is 370 g/mol. The lowest BCUT2D eigenvalue weighted by Crippen LogP contribution is -2.71. The van der Waals surface area contributed by atoms with Crippen molar-refractivity contribution in [1.82, 2.24) is 10.2 Å². The normalized spacial score (nSPS) is 35.7. The standard InChI is InChI=1S/C22H30N2O3/c1-14-9-16-10-19-22(26)5-7-23-20(25)12-21(22,17(16)11-18(14)27-2)6-8-24(19)13-15-3-4-15/h9,11,15,19,26H,3-8,10,12-13H2,1-2H3,(H,23,25). The maximum absolute atomic E-state index is 12.6. The van der Waals surface area contributed by atoms with E-state index < -0.39 is 11.0 Å². The van der Waals surface area contributed by atoms with Gasteiger partial charge in [-0.2, -0.15) is 0 Å². The van der Waals surface area contributed by atoms with Gasteiger partial charge in [-0.1, -0.05) is 6.07 Å². The molecule has 1 aromatic rings. The number of rotatable bonds is 3. The topological polar surface area (TPSA) is 61.8 Å². The fraction of sp³-hybridized carbons (Fsp3) is 0.682. The highest BCUT2D eigenvalue weighted by Crippen LogP contribution is 2.56. The molecule has 2 saturated heterocycles. The molecule has 146 valence electrons. The van der Waals surface area contributed by atoms with Crippen LogP contribution >= 0.6 is 0 Å². The zero-order chi connectivity index (χ0) is 18.8. The van der Waals surface area contributed by atoms with Crippen molar-refractivity contribution in [2.24, 2.45) is 5.92 Å². The van der Waals surface area contributed by atoms with Gasteiger partial charge in [-0.05, 0) is 74.2 Å². The van der Waals surface area contributed by atoms with Crippen molar-refractivity contribution < 1.29 is 14.6 Å². The number of amides is 1. The lowest BCUT2D eigenvalue weighted by Gasteiger charge is -2.61. The predicted molar refractivity (Wildman–Crippen MR) is 103 cm³/mol. The van der Waals surface area contributed by atoms with Gasteiger partial charge in [0.25, 0.3) is 0 Å². The van der Waals surface area contributed by atoms with Gasteiger partial charge in [0.2, 0.25) is 5.91 Å². The summed E-state index contributed by atoms with van der Waals surface area (Å²) in [5.74, 6) is 1.72. The fourth-order valence-corrected chi connectivity index (χ4v) is 6.11. The summed E-state index contributed by atoms with van der Waals surface area (Å²) >= 11 is 0. The SMILES string of the molecule is COc1cc2c(cc1C)CC1N(CC3CC3)CCC23CC(=O)NCCC13O. The third kappa shape index (κ3) is 2.47. The van der Waals surface area contributed by atoms with E-state index in [1.165, 1.54) is 18.4 Å². The number of nitrogens with zero attached hydrogens (tertiary/aromatic N) is 1. The number of nitrogens with one attached hydrogen (secondary N) is 1. The van der Waals surface area contributed by atoms with Crippen LogP contribution in [0.25, 0.3) is 0 Å². The van der Waals surface area contributed by atoms with Crippen LogP contribution in [0.3, 0.4) is 0 Å². The first kappa shape index (κ1) is 17.5. The Labute approximate surface area is 161 Å². The number of aliphatic hydroxyl groups is 1. The number of methoxy groups -OCH3 is 1. The van der Waals surface area contributed by atoms with Crippen molar-refractivity contribution >= 4 is 5.91 Å². The second kappa shape index (κ2) is 5.95. The molecule has 0 aromatic heterocycles. The molecule has 5 heteroatoms. The van der Waals surface area contributed by atoms with E-state index >= 15 is 0 Å². The second-order valence-corrected chi connectivity index (χ2v) is 9.17. The molecule has 1 saturated carbocycles. The Balaban J connectivity index is 1.68. The summed E-state index contributed by atoms with van der Waals surface area (Å²) < 4.78 is 5.61. The number of carbonyl (C=O) groups excluding carboxylic acids is 1. The second-order valence-electron chi connectivity index (χ2n) is 9.17. The molecule has 3 fully saturated rings. The zero-order valence-electron chi connectivity index (χ0n) is 16.4. The highest BCUT2D eigenvalue weighted by atomic mass is 16.5. The molecule has 3 atom stereocenters. The maximum atomic E-state index is 12.6. The van der Waals surface area contributed by atoms with Gasteiger partial charge in [0, 0.05) is 31.0 Å². The molecule has 2 bridgehead atoms. The third-order valence-electron chi connectivity index (χ3n) is 7.68. The van der Waals surface area contributed by atoms with Gasteiger partial charge in [-0.3, -0.25) is 9.69 Å². The summed E-state index contributed by atoms with van der Waals surface area (Å²) in [5, 5.41) is 15.2. The summed E-state index contributed by atoms with van der Waals surface area (Å²) in [7, 11) is 1.70. The molecule has 1 amide bonds. The van der Waals surface area contributed by atoms with Crippen molar-refractivity contribution in [1.29, 1.82) is 0 Å². The van der Waals surface area contributed by atoms with Crippen molar-refractivity contribution in [3.63, 3.8) is 0 Å². The Morgan fingerprint density at radius 1 is 1.33 bits per heavy atom. The monoisotopic (exact) mass is 370 g/mol. The van der Waals surface area contributed by atoms with Crippen LogP contribution in [0.1, 0.15) is 48.8 Å². The van der Waals surface area contributed by atoms with Crippen LogP contribution in [0.5, 0.6) is 5.75 Å². The molecule has 2 heterocycles. The van der Waals surface area contributed by atoms with E-state index in [1.54, 1.807) is 7.11 Å². The molecule has 2 aliphatic carbocycles. The summed E-state index contributed by atoms with van der Waals surface area (Å²) in [6.07, 6.45) is 5.33. The molecule has 5 nitrogen and oxygen atoms in total. The van der Waals surface area contributed by atoms with Gasteiger partial charge in [0.15, 0.2) is 0 Å². The minimum Gasteiger partial charge on any atom is -0.496 e. The highest BCUT2D eigenvalue weighted by Gasteiger charge is 2.64. The van der Waals surface area contributed by atoms with E-state index in [-0.39, 0.29) is 11.9 Å². The maximum Gasteiger partial charge on any atom is 0.221 e. The van der Waals surface area contributed by atoms with Crippen molar-refractivity contribution in [2.75, 3.05) is 26.7 Å². The first-order valence-electron chi connectivity index (χ1n) is 10.4. The quantitative estimate of drug-likeness (QED) is 0.853. The van der Waals surface area contributed by atoms with Crippen molar-refractivity contribution in [3.8, 4) is 5.75 Å². The number of likely N-dealkylation sites (tertiary alicyclic amines) is 1. The van der Waals surface area contributed by atoms with Crippen LogP contribution in [-0.4, -0.2) is 54.3 Å². The molecular formula is C22H30N2O3. The average Bonchev–Trinajstić information content (AvgIpc) is 3.44. The molecule has 3 unspecified atom stereocenters. The van der Waals surface area contributed by atoms with Gasteiger partial charge in [0.1, 0.15) is 5.75 Å². The first-order chi connectivity index (χ1) is 13.0. The van der Waals surface area contributed by atoms with Gasteiger partial charge in [0.05, 0.1) is 12.7 Å². The molecule has 5 rings (SSSR count). The van der Waals surface area contributed by atoms with E-state index in [0.29, 0.717) is 19.4 Å². The van der Waals surface area contributed by atoms with Crippen molar-refractivity contribution in [3.05, 3.63) is 28.8 Å².